The molecule has 0 aliphatic rings. The van der Waals surface area contributed by atoms with Crippen LogP contribution < -0.4 is 5.11 Å². The average Bonchev–Trinajstić information content (AvgIpc) is 2.84. The second kappa shape index (κ2) is 20.2. The molecule has 36 heavy (non-hydrogen) atoms. The van der Waals surface area contributed by atoms with Crippen LogP contribution in [0.2, 0.25) is 0 Å². The second-order valence-electron chi connectivity index (χ2n) is 10.4. The van der Waals surface area contributed by atoms with Gasteiger partial charge in [0.25, 0.3) is 0 Å². The number of carboxylic acid groups (broad SMARTS) is 3. The molecule has 0 heterocycles. The maximum atomic E-state index is 11.8. The van der Waals surface area contributed by atoms with E-state index in [1.54, 1.807) is 0 Å². The Morgan fingerprint density at radius 3 is 1.36 bits per heavy atom. The molecule has 7 heteroatoms. The predicted molar refractivity (Wildman–Crippen MR) is 142 cm³/mol. The van der Waals surface area contributed by atoms with E-state index in [0.29, 0.717) is 6.42 Å². The SMILES string of the molecule is CCCCCCCCCCCCCCCC/C=C/CC[N+](C(C)C(=O)[O-])(C(C)C(=O)O)C(C)C(=O)O. The topological polar surface area (TPSA) is 115 Å². The van der Waals surface area contributed by atoms with Crippen LogP contribution in [0, 0.1) is 0 Å². The smallest absolute Gasteiger partial charge is 0.362 e. The van der Waals surface area contributed by atoms with Crippen molar-refractivity contribution in [3.8, 4) is 0 Å². The highest BCUT2D eigenvalue weighted by molar-refractivity contribution is 5.76. The summed E-state index contributed by atoms with van der Waals surface area (Å²) in [5.74, 6) is -3.88. The number of quaternary nitrogens is 1. The lowest BCUT2D eigenvalue weighted by molar-refractivity contribution is -0.969. The molecule has 0 aromatic carbocycles. The third-order valence-corrected chi connectivity index (χ3v) is 7.79. The van der Waals surface area contributed by atoms with Gasteiger partial charge in [-0.05, 0) is 33.6 Å². The molecule has 0 aromatic rings. The van der Waals surface area contributed by atoms with Crippen molar-refractivity contribution in [1.82, 2.24) is 0 Å². The first-order chi connectivity index (χ1) is 17.1. The fourth-order valence-corrected chi connectivity index (χ4v) is 5.19. The molecule has 0 bridgehead atoms. The number of carbonyl (C=O) groups excluding carboxylic acids is 1. The number of carbonyl (C=O) groups is 3. The van der Waals surface area contributed by atoms with Crippen molar-refractivity contribution in [3.05, 3.63) is 12.2 Å². The molecule has 3 atom stereocenters. The van der Waals surface area contributed by atoms with Crippen LogP contribution in [0.15, 0.2) is 12.2 Å². The van der Waals surface area contributed by atoms with Crippen molar-refractivity contribution >= 4 is 17.9 Å². The summed E-state index contributed by atoms with van der Waals surface area (Å²) >= 11 is 0. The van der Waals surface area contributed by atoms with Gasteiger partial charge in [-0.15, -0.1) is 0 Å². The molecule has 2 N–H and O–H groups in total. The first-order valence-electron chi connectivity index (χ1n) is 14.3. The van der Waals surface area contributed by atoms with E-state index in [2.05, 4.69) is 6.92 Å². The summed E-state index contributed by atoms with van der Waals surface area (Å²) < 4.78 is -0.587. The number of nitrogens with zero attached hydrogens (tertiary/aromatic N) is 1. The third-order valence-electron chi connectivity index (χ3n) is 7.79. The van der Waals surface area contributed by atoms with Crippen molar-refractivity contribution in [2.75, 3.05) is 6.54 Å². The zero-order valence-corrected chi connectivity index (χ0v) is 23.4. The summed E-state index contributed by atoms with van der Waals surface area (Å²) in [7, 11) is 0. The van der Waals surface area contributed by atoms with Crippen LogP contribution >= 0.6 is 0 Å². The van der Waals surface area contributed by atoms with Gasteiger partial charge in [0.2, 0.25) is 0 Å². The first-order valence-corrected chi connectivity index (χ1v) is 14.3. The molecule has 0 amide bonds. The number of aliphatic carboxylic acids is 3. The van der Waals surface area contributed by atoms with Gasteiger partial charge in [-0.1, -0.05) is 103 Å². The number of unbranched alkanes of at least 4 members (excludes halogenated alkanes) is 14. The maximum absolute atomic E-state index is 11.8. The Labute approximate surface area is 219 Å². The van der Waals surface area contributed by atoms with Gasteiger partial charge in [-0.3, -0.25) is 4.48 Å². The van der Waals surface area contributed by atoms with Gasteiger partial charge in [0.1, 0.15) is 6.04 Å². The predicted octanol–water partition coefficient (Wildman–Crippen LogP) is 5.71. The van der Waals surface area contributed by atoms with E-state index in [-0.39, 0.29) is 6.54 Å². The van der Waals surface area contributed by atoms with Crippen LogP contribution in [0.3, 0.4) is 0 Å². The van der Waals surface area contributed by atoms with Gasteiger partial charge in [0.05, 0.1) is 12.5 Å². The molecule has 7 nitrogen and oxygen atoms in total. The molecule has 0 fully saturated rings. The van der Waals surface area contributed by atoms with Crippen molar-refractivity contribution in [1.29, 1.82) is 0 Å². The van der Waals surface area contributed by atoms with Crippen molar-refractivity contribution in [2.45, 2.75) is 149 Å². The van der Waals surface area contributed by atoms with Crippen LogP contribution in [-0.2, 0) is 14.4 Å². The molecule has 0 saturated heterocycles. The van der Waals surface area contributed by atoms with Gasteiger partial charge < -0.3 is 20.1 Å². The normalized spacial score (nSPS) is 15.9. The van der Waals surface area contributed by atoms with E-state index >= 15 is 0 Å². The summed E-state index contributed by atoms with van der Waals surface area (Å²) in [5, 5.41) is 30.8. The van der Waals surface area contributed by atoms with Crippen LogP contribution in [0.25, 0.3) is 0 Å². The zero-order chi connectivity index (χ0) is 27.4. The van der Waals surface area contributed by atoms with Gasteiger partial charge >= 0.3 is 11.9 Å². The van der Waals surface area contributed by atoms with E-state index in [0.717, 1.165) is 12.8 Å². The Bertz CT molecular complexity index is 597. The average molecular weight is 512 g/mol. The van der Waals surface area contributed by atoms with Crippen molar-refractivity contribution in [3.63, 3.8) is 0 Å². The van der Waals surface area contributed by atoms with E-state index in [4.69, 9.17) is 0 Å². The minimum Gasteiger partial charge on any atom is -0.544 e. The minimum absolute atomic E-state index is 0.103. The highest BCUT2D eigenvalue weighted by Gasteiger charge is 2.50. The van der Waals surface area contributed by atoms with Gasteiger partial charge in [0, 0.05) is 6.42 Å². The van der Waals surface area contributed by atoms with E-state index in [1.807, 2.05) is 12.2 Å². The zero-order valence-electron chi connectivity index (χ0n) is 23.4. The molecule has 210 valence electrons. The molecule has 0 aromatic heterocycles. The molecule has 0 rings (SSSR count). The highest BCUT2D eigenvalue weighted by atomic mass is 16.4. The number of allylic oxidation sites excluding steroid dienone is 1. The second-order valence-corrected chi connectivity index (χ2v) is 10.4. The standard InChI is InChI=1S/C29H53NO6/c1-5-6-7-8-9-10-11-12-13-14-15-16-17-18-19-20-21-22-23-30(24(2)27(31)32,25(3)28(33)34)26(4)29(35)36/h20-21,24-26H,5-19,22-23H2,1-4H3,(H2-,31,32,33,34,35,36)/b21-20+. The number of hydrogen-bond acceptors (Lipinski definition) is 4. The quantitative estimate of drug-likeness (QED) is 0.0975. The van der Waals surface area contributed by atoms with E-state index in [9.17, 15) is 29.7 Å². The van der Waals surface area contributed by atoms with Gasteiger partial charge in [-0.2, -0.15) is 0 Å². The molecule has 0 aliphatic heterocycles. The molecular formula is C29H53NO6. The first kappa shape index (κ1) is 34.1. The summed E-state index contributed by atoms with van der Waals surface area (Å²) in [6.45, 7) is 6.44. The monoisotopic (exact) mass is 511 g/mol. The number of hydrogen-bond donors (Lipinski definition) is 2. The summed E-state index contributed by atoms with van der Waals surface area (Å²) in [6.07, 6.45) is 23.7. The van der Waals surface area contributed by atoms with Crippen LogP contribution in [0.4, 0.5) is 0 Å². The molecule has 0 saturated carbocycles. The van der Waals surface area contributed by atoms with Crippen molar-refractivity contribution in [2.24, 2.45) is 0 Å². The van der Waals surface area contributed by atoms with E-state index in [1.165, 1.54) is 104 Å². The fraction of sp³-hybridized carbons (Fsp3) is 0.828. The number of carboxylic acids is 3. The molecule has 3 unspecified atom stereocenters. The Morgan fingerprint density at radius 1 is 0.639 bits per heavy atom. The number of rotatable bonds is 24. The molecule has 0 spiro atoms. The van der Waals surface area contributed by atoms with Gasteiger partial charge in [0.15, 0.2) is 12.1 Å². The lowest BCUT2D eigenvalue weighted by Crippen LogP contribution is -2.71. The molecular weight excluding hydrogens is 458 g/mol. The van der Waals surface area contributed by atoms with Crippen LogP contribution in [-0.4, -0.2) is 57.3 Å². The van der Waals surface area contributed by atoms with Gasteiger partial charge in [-0.25, -0.2) is 9.59 Å². The third kappa shape index (κ3) is 12.9. The summed E-state index contributed by atoms with van der Waals surface area (Å²) in [5.41, 5.74) is 0. The Hall–Kier alpha value is -1.89. The molecule has 0 radical (unpaired) electrons. The van der Waals surface area contributed by atoms with Crippen LogP contribution in [0.1, 0.15) is 130 Å². The largest absolute Gasteiger partial charge is 0.544 e. The maximum Gasteiger partial charge on any atom is 0.362 e. The Kier molecular flexibility index (Phi) is 19.1. The Balaban J connectivity index is 4.28. The lowest BCUT2D eigenvalue weighted by Gasteiger charge is -2.49. The molecule has 0 aliphatic carbocycles. The fourth-order valence-electron chi connectivity index (χ4n) is 5.19. The van der Waals surface area contributed by atoms with E-state index < -0.39 is 40.5 Å². The lowest BCUT2D eigenvalue weighted by atomic mass is 10.0. The van der Waals surface area contributed by atoms with Crippen molar-refractivity contribution < 1.29 is 34.2 Å². The minimum atomic E-state index is -1.44. The van der Waals surface area contributed by atoms with Crippen LogP contribution in [0.5, 0.6) is 0 Å². The summed E-state index contributed by atoms with van der Waals surface area (Å²) in [6, 6.07) is -3.65. The highest BCUT2D eigenvalue weighted by Crippen LogP contribution is 2.26. The Morgan fingerprint density at radius 2 is 1.00 bits per heavy atom. The summed E-state index contributed by atoms with van der Waals surface area (Å²) in [4.78, 5) is 35.2.